The van der Waals surface area contributed by atoms with Crippen LogP contribution in [0.3, 0.4) is 0 Å². The van der Waals surface area contributed by atoms with Crippen molar-refractivity contribution in [3.05, 3.63) is 29.8 Å². The Balaban J connectivity index is 2.99. The van der Waals surface area contributed by atoms with Gasteiger partial charge in [0.15, 0.2) is 0 Å². The fourth-order valence-corrected chi connectivity index (χ4v) is 0.990. The van der Waals surface area contributed by atoms with Crippen LogP contribution in [0.2, 0.25) is 0 Å². The van der Waals surface area contributed by atoms with Crippen LogP contribution in [0.25, 0.3) is 6.08 Å². The zero-order valence-electron chi connectivity index (χ0n) is 7.82. The van der Waals surface area contributed by atoms with Crippen LogP contribution in [0.1, 0.15) is 5.56 Å². The van der Waals surface area contributed by atoms with Crippen molar-refractivity contribution in [2.45, 2.75) is 6.36 Å². The minimum Gasteiger partial charge on any atom is -0.507 e. The van der Waals surface area contributed by atoms with Crippen LogP contribution in [0.15, 0.2) is 24.3 Å². The van der Waals surface area contributed by atoms with Gasteiger partial charge in [-0.15, -0.1) is 13.2 Å². The van der Waals surface area contributed by atoms with Gasteiger partial charge in [-0.2, -0.15) is 5.26 Å². The predicted molar refractivity (Wildman–Crippen MR) is 49.4 cm³/mol. The number of nitrogens with zero attached hydrogens (tertiary/aromatic N) is 1. The first-order chi connectivity index (χ1) is 7.42. The molecule has 0 fully saturated rings. The Bertz CT molecular complexity index is 446. The molecule has 0 aliphatic heterocycles. The van der Waals surface area contributed by atoms with Gasteiger partial charge in [0, 0.05) is 11.6 Å². The molecule has 1 N–H and O–H groups in total. The largest absolute Gasteiger partial charge is 0.573 e. The van der Waals surface area contributed by atoms with E-state index in [2.05, 4.69) is 4.74 Å². The average molecular weight is 229 g/mol. The van der Waals surface area contributed by atoms with Crippen LogP contribution >= 0.6 is 0 Å². The second-order valence-electron chi connectivity index (χ2n) is 2.73. The molecule has 16 heavy (non-hydrogen) atoms. The number of alkyl halides is 3. The number of ether oxygens (including phenoxy) is 1. The van der Waals surface area contributed by atoms with Gasteiger partial charge in [-0.05, 0) is 24.3 Å². The van der Waals surface area contributed by atoms with Gasteiger partial charge in [0.05, 0.1) is 6.07 Å². The summed E-state index contributed by atoms with van der Waals surface area (Å²) in [4.78, 5) is 0. The number of aromatic hydroxyl groups is 1. The Kier molecular flexibility index (Phi) is 3.40. The molecular formula is C10H6F3NO2. The second-order valence-corrected chi connectivity index (χ2v) is 2.73. The highest BCUT2D eigenvalue weighted by Crippen LogP contribution is 2.28. The van der Waals surface area contributed by atoms with Crippen LogP contribution in [0.5, 0.6) is 11.5 Å². The number of rotatable bonds is 2. The fraction of sp³-hybridized carbons (Fsp3) is 0.100. The van der Waals surface area contributed by atoms with E-state index >= 15 is 0 Å². The molecule has 84 valence electrons. The minimum atomic E-state index is -4.78. The van der Waals surface area contributed by atoms with Gasteiger partial charge >= 0.3 is 6.36 Å². The lowest BCUT2D eigenvalue weighted by molar-refractivity contribution is -0.274. The number of hydrogen-bond donors (Lipinski definition) is 1. The molecule has 1 aromatic carbocycles. The summed E-state index contributed by atoms with van der Waals surface area (Å²) < 4.78 is 39.3. The first-order valence-electron chi connectivity index (χ1n) is 4.07. The highest BCUT2D eigenvalue weighted by atomic mass is 19.4. The van der Waals surface area contributed by atoms with E-state index in [1.54, 1.807) is 6.07 Å². The number of nitriles is 1. The molecule has 0 bridgehead atoms. The van der Waals surface area contributed by atoms with Crippen molar-refractivity contribution in [3.8, 4) is 17.6 Å². The van der Waals surface area contributed by atoms with E-state index in [-0.39, 0.29) is 11.3 Å². The summed E-state index contributed by atoms with van der Waals surface area (Å²) >= 11 is 0. The third-order valence-corrected chi connectivity index (χ3v) is 1.57. The van der Waals surface area contributed by atoms with Crippen molar-refractivity contribution in [3.63, 3.8) is 0 Å². The number of hydrogen-bond acceptors (Lipinski definition) is 3. The molecule has 0 spiro atoms. The zero-order chi connectivity index (χ0) is 12.2. The Morgan fingerprint density at radius 2 is 2.06 bits per heavy atom. The van der Waals surface area contributed by atoms with Crippen LogP contribution in [-0.2, 0) is 0 Å². The van der Waals surface area contributed by atoms with Gasteiger partial charge in [-0.1, -0.05) is 0 Å². The van der Waals surface area contributed by atoms with Gasteiger partial charge in [-0.3, -0.25) is 0 Å². The fourth-order valence-electron chi connectivity index (χ4n) is 0.990. The second kappa shape index (κ2) is 4.57. The molecule has 0 heterocycles. The SMILES string of the molecule is N#CC=Cc1cc(OC(F)(F)F)ccc1O. The summed E-state index contributed by atoms with van der Waals surface area (Å²) in [7, 11) is 0. The maximum Gasteiger partial charge on any atom is 0.573 e. The number of phenols is 1. The molecule has 0 atom stereocenters. The van der Waals surface area contributed by atoms with E-state index in [9.17, 15) is 18.3 Å². The molecule has 0 aromatic heterocycles. The Hall–Kier alpha value is -2.16. The molecule has 1 aromatic rings. The first kappa shape index (κ1) is 11.9. The molecular weight excluding hydrogens is 223 g/mol. The highest BCUT2D eigenvalue weighted by molar-refractivity contribution is 5.60. The maximum atomic E-state index is 11.9. The average Bonchev–Trinajstić information content (AvgIpc) is 2.17. The number of phenolic OH excluding ortho intramolecular Hbond substituents is 1. The molecule has 0 aliphatic carbocycles. The monoisotopic (exact) mass is 229 g/mol. The Morgan fingerprint density at radius 1 is 1.38 bits per heavy atom. The third-order valence-electron chi connectivity index (χ3n) is 1.57. The molecule has 0 saturated heterocycles. The lowest BCUT2D eigenvalue weighted by atomic mass is 10.2. The topological polar surface area (TPSA) is 53.2 Å². The molecule has 0 amide bonds. The lowest BCUT2D eigenvalue weighted by Gasteiger charge is -2.09. The summed E-state index contributed by atoms with van der Waals surface area (Å²) in [5, 5.41) is 17.5. The zero-order valence-corrected chi connectivity index (χ0v) is 7.82. The van der Waals surface area contributed by atoms with Gasteiger partial charge < -0.3 is 9.84 Å². The van der Waals surface area contributed by atoms with E-state index in [0.29, 0.717) is 0 Å². The quantitative estimate of drug-likeness (QED) is 0.793. The van der Waals surface area contributed by atoms with E-state index in [0.717, 1.165) is 24.3 Å². The summed E-state index contributed by atoms with van der Waals surface area (Å²) in [5.74, 6) is -0.691. The van der Waals surface area contributed by atoms with Crippen molar-refractivity contribution in [2.75, 3.05) is 0 Å². The van der Waals surface area contributed by atoms with Crippen LogP contribution in [0, 0.1) is 11.3 Å². The molecule has 0 saturated carbocycles. The maximum absolute atomic E-state index is 11.9. The number of allylic oxidation sites excluding steroid dienone is 1. The molecule has 0 radical (unpaired) electrons. The van der Waals surface area contributed by atoms with E-state index in [1.165, 1.54) is 6.08 Å². The smallest absolute Gasteiger partial charge is 0.507 e. The van der Waals surface area contributed by atoms with Crippen molar-refractivity contribution < 1.29 is 23.0 Å². The van der Waals surface area contributed by atoms with Crippen molar-refractivity contribution in [2.24, 2.45) is 0 Å². The van der Waals surface area contributed by atoms with Gasteiger partial charge in [0.2, 0.25) is 0 Å². The summed E-state index contributed by atoms with van der Waals surface area (Å²) in [6.45, 7) is 0. The van der Waals surface area contributed by atoms with E-state index in [1.807, 2.05) is 0 Å². The van der Waals surface area contributed by atoms with Crippen molar-refractivity contribution >= 4 is 6.08 Å². The van der Waals surface area contributed by atoms with E-state index in [4.69, 9.17) is 5.26 Å². The number of benzene rings is 1. The van der Waals surface area contributed by atoms with Crippen LogP contribution < -0.4 is 4.74 Å². The Labute approximate surface area is 89.0 Å². The molecule has 0 aliphatic rings. The molecule has 6 heteroatoms. The minimum absolute atomic E-state index is 0.0725. The van der Waals surface area contributed by atoms with Crippen molar-refractivity contribution in [1.29, 1.82) is 5.26 Å². The van der Waals surface area contributed by atoms with Crippen molar-refractivity contribution in [1.82, 2.24) is 0 Å². The van der Waals surface area contributed by atoms with Gasteiger partial charge in [-0.25, -0.2) is 0 Å². The summed E-state index contributed by atoms with van der Waals surface area (Å²) in [5.41, 5.74) is 0.0725. The predicted octanol–water partition coefficient (Wildman–Crippen LogP) is 2.83. The standard InChI is InChI=1S/C10H6F3NO2/c11-10(12,13)16-8-3-4-9(15)7(6-8)2-1-5-14/h1-4,6,15H. The summed E-state index contributed by atoms with van der Waals surface area (Å²) in [6, 6.07) is 4.67. The Morgan fingerprint density at radius 3 is 2.62 bits per heavy atom. The molecule has 0 unspecified atom stereocenters. The third kappa shape index (κ3) is 3.53. The number of halogens is 3. The van der Waals surface area contributed by atoms with Gasteiger partial charge in [0.1, 0.15) is 11.5 Å². The molecule has 3 nitrogen and oxygen atoms in total. The normalized spacial score (nSPS) is 11.4. The lowest BCUT2D eigenvalue weighted by Crippen LogP contribution is -2.17. The van der Waals surface area contributed by atoms with Crippen LogP contribution in [-0.4, -0.2) is 11.5 Å². The molecule has 1 rings (SSSR count). The highest BCUT2D eigenvalue weighted by Gasteiger charge is 2.31. The van der Waals surface area contributed by atoms with Gasteiger partial charge in [0.25, 0.3) is 0 Å². The first-order valence-corrected chi connectivity index (χ1v) is 4.07. The summed E-state index contributed by atoms with van der Waals surface area (Å²) in [6.07, 6.45) is -2.57. The van der Waals surface area contributed by atoms with Crippen LogP contribution in [0.4, 0.5) is 13.2 Å². The van der Waals surface area contributed by atoms with E-state index < -0.39 is 12.1 Å².